The number of amides is 1. The third-order valence-corrected chi connectivity index (χ3v) is 3.74. The highest BCUT2D eigenvalue weighted by Gasteiger charge is 2.41. The van der Waals surface area contributed by atoms with E-state index in [1.807, 2.05) is 46.0 Å². The number of anilines is 2. The minimum absolute atomic E-state index is 0.136. The Labute approximate surface area is 108 Å². The molecule has 1 aliphatic rings. The maximum Gasteiger partial charge on any atom is 0.247 e. The molecule has 0 radical (unpaired) electrons. The summed E-state index contributed by atoms with van der Waals surface area (Å²) < 4.78 is 0. The third-order valence-electron chi connectivity index (χ3n) is 3.74. The Hall–Kier alpha value is -1.71. The van der Waals surface area contributed by atoms with Crippen LogP contribution in [0, 0.1) is 6.92 Å². The molecule has 1 aromatic rings. The molecular formula is C14H21N3O. The highest BCUT2D eigenvalue weighted by Crippen LogP contribution is 2.34. The molecule has 0 bridgehead atoms. The topological polar surface area (TPSA) is 49.6 Å². The average molecular weight is 247 g/mol. The predicted octanol–water partition coefficient (Wildman–Crippen LogP) is 1.63. The van der Waals surface area contributed by atoms with Gasteiger partial charge in [-0.2, -0.15) is 0 Å². The van der Waals surface area contributed by atoms with Crippen LogP contribution in [0.3, 0.4) is 0 Å². The van der Waals surface area contributed by atoms with Gasteiger partial charge in [0.25, 0.3) is 0 Å². The first kappa shape index (κ1) is 12.7. The van der Waals surface area contributed by atoms with E-state index in [0.717, 1.165) is 30.0 Å². The minimum Gasteiger partial charge on any atom is -0.397 e. The fourth-order valence-corrected chi connectivity index (χ4v) is 2.66. The van der Waals surface area contributed by atoms with Crippen LogP contribution in [0.1, 0.15) is 19.4 Å². The fourth-order valence-electron chi connectivity index (χ4n) is 2.66. The lowest BCUT2D eigenvalue weighted by molar-refractivity contribution is -0.136. The van der Waals surface area contributed by atoms with Gasteiger partial charge >= 0.3 is 0 Å². The first-order chi connectivity index (χ1) is 8.35. The second-order valence-corrected chi connectivity index (χ2v) is 5.45. The minimum atomic E-state index is -0.548. The van der Waals surface area contributed by atoms with Gasteiger partial charge in [0.2, 0.25) is 5.91 Å². The van der Waals surface area contributed by atoms with Crippen molar-refractivity contribution in [3.05, 3.63) is 23.8 Å². The molecule has 1 saturated heterocycles. The summed E-state index contributed by atoms with van der Waals surface area (Å²) in [5, 5.41) is 0. The number of rotatable bonds is 1. The van der Waals surface area contributed by atoms with Gasteiger partial charge in [-0.1, -0.05) is 12.1 Å². The zero-order chi connectivity index (χ0) is 13.5. The quantitative estimate of drug-likeness (QED) is 0.767. The van der Waals surface area contributed by atoms with E-state index in [2.05, 4.69) is 4.90 Å². The number of piperazine rings is 1. The summed E-state index contributed by atoms with van der Waals surface area (Å²) in [4.78, 5) is 16.2. The average Bonchev–Trinajstić information content (AvgIpc) is 2.29. The number of aryl methyl sites for hydroxylation is 1. The molecule has 18 heavy (non-hydrogen) atoms. The summed E-state index contributed by atoms with van der Waals surface area (Å²) in [5.74, 6) is 0.136. The standard InChI is InChI=1S/C14H21N3O/c1-10-6-5-7-11(15)12(10)17-9-8-16(4)13(18)14(17,2)3/h5-7H,8-9,15H2,1-4H3. The number of benzene rings is 1. The molecule has 0 spiro atoms. The van der Waals surface area contributed by atoms with E-state index in [1.165, 1.54) is 0 Å². The lowest BCUT2D eigenvalue weighted by Gasteiger charge is -2.47. The summed E-state index contributed by atoms with van der Waals surface area (Å²) in [7, 11) is 1.85. The first-order valence-electron chi connectivity index (χ1n) is 6.24. The van der Waals surface area contributed by atoms with Crippen molar-refractivity contribution in [3.63, 3.8) is 0 Å². The van der Waals surface area contributed by atoms with E-state index in [9.17, 15) is 4.79 Å². The Bertz CT molecular complexity index is 462. The second kappa shape index (κ2) is 4.19. The number of carbonyl (C=O) groups excluding carboxylic acids is 1. The lowest BCUT2D eigenvalue weighted by Crippen LogP contribution is -2.62. The Morgan fingerprint density at radius 3 is 2.56 bits per heavy atom. The zero-order valence-electron chi connectivity index (χ0n) is 11.5. The normalized spacial score (nSPS) is 19.2. The number of nitrogen functional groups attached to an aromatic ring is 1. The molecule has 1 heterocycles. The fraction of sp³-hybridized carbons (Fsp3) is 0.500. The molecule has 0 aliphatic carbocycles. The van der Waals surface area contributed by atoms with E-state index in [1.54, 1.807) is 4.90 Å². The van der Waals surface area contributed by atoms with E-state index in [-0.39, 0.29) is 5.91 Å². The van der Waals surface area contributed by atoms with Gasteiger partial charge in [0.1, 0.15) is 5.54 Å². The Morgan fingerprint density at radius 1 is 1.28 bits per heavy atom. The Balaban J connectivity index is 2.48. The van der Waals surface area contributed by atoms with E-state index in [4.69, 9.17) is 5.73 Å². The Kier molecular flexibility index (Phi) is 2.97. The molecule has 0 unspecified atom stereocenters. The zero-order valence-corrected chi connectivity index (χ0v) is 11.5. The van der Waals surface area contributed by atoms with Crippen LogP contribution in [0.15, 0.2) is 18.2 Å². The van der Waals surface area contributed by atoms with Crippen LogP contribution < -0.4 is 10.6 Å². The van der Waals surface area contributed by atoms with Gasteiger partial charge in [-0.05, 0) is 32.4 Å². The lowest BCUT2D eigenvalue weighted by atomic mass is 9.95. The van der Waals surface area contributed by atoms with E-state index in [0.29, 0.717) is 0 Å². The van der Waals surface area contributed by atoms with Gasteiger partial charge in [-0.3, -0.25) is 4.79 Å². The largest absolute Gasteiger partial charge is 0.397 e. The predicted molar refractivity (Wildman–Crippen MR) is 74.7 cm³/mol. The molecule has 0 aromatic heterocycles. The van der Waals surface area contributed by atoms with Crippen molar-refractivity contribution in [1.82, 2.24) is 4.90 Å². The van der Waals surface area contributed by atoms with Crippen molar-refractivity contribution >= 4 is 17.3 Å². The van der Waals surface area contributed by atoms with Crippen molar-refractivity contribution in [2.75, 3.05) is 30.8 Å². The van der Waals surface area contributed by atoms with Crippen molar-refractivity contribution in [2.45, 2.75) is 26.3 Å². The van der Waals surface area contributed by atoms with Gasteiger partial charge in [0.05, 0.1) is 11.4 Å². The highest BCUT2D eigenvalue weighted by molar-refractivity contribution is 5.92. The second-order valence-electron chi connectivity index (χ2n) is 5.45. The first-order valence-corrected chi connectivity index (χ1v) is 6.24. The van der Waals surface area contributed by atoms with Crippen molar-refractivity contribution in [2.24, 2.45) is 0 Å². The monoisotopic (exact) mass is 247 g/mol. The molecule has 1 amide bonds. The van der Waals surface area contributed by atoms with Crippen LogP contribution in [-0.4, -0.2) is 36.5 Å². The highest BCUT2D eigenvalue weighted by atomic mass is 16.2. The van der Waals surface area contributed by atoms with Gasteiger partial charge in [0, 0.05) is 20.1 Å². The van der Waals surface area contributed by atoms with Gasteiger partial charge in [-0.25, -0.2) is 0 Å². The van der Waals surface area contributed by atoms with Crippen LogP contribution in [0.25, 0.3) is 0 Å². The van der Waals surface area contributed by atoms with Crippen molar-refractivity contribution < 1.29 is 4.79 Å². The van der Waals surface area contributed by atoms with Crippen LogP contribution >= 0.6 is 0 Å². The number of hydrogen-bond donors (Lipinski definition) is 1. The molecule has 2 rings (SSSR count). The number of likely N-dealkylation sites (N-methyl/N-ethyl adjacent to an activating group) is 1. The summed E-state index contributed by atoms with van der Waals surface area (Å²) in [5.41, 5.74) is 8.38. The summed E-state index contributed by atoms with van der Waals surface area (Å²) in [6.07, 6.45) is 0. The number of para-hydroxylation sites is 1. The molecule has 0 saturated carbocycles. The molecule has 1 aliphatic heterocycles. The van der Waals surface area contributed by atoms with E-state index >= 15 is 0 Å². The molecule has 2 N–H and O–H groups in total. The van der Waals surface area contributed by atoms with Crippen LogP contribution in [0.2, 0.25) is 0 Å². The van der Waals surface area contributed by atoms with E-state index < -0.39 is 5.54 Å². The number of nitrogens with two attached hydrogens (primary N) is 1. The SMILES string of the molecule is Cc1cccc(N)c1N1CCN(C)C(=O)C1(C)C. The van der Waals surface area contributed by atoms with Gasteiger partial charge in [0.15, 0.2) is 0 Å². The molecule has 4 nitrogen and oxygen atoms in total. The van der Waals surface area contributed by atoms with Crippen molar-refractivity contribution in [1.29, 1.82) is 0 Å². The van der Waals surface area contributed by atoms with Crippen molar-refractivity contribution in [3.8, 4) is 0 Å². The van der Waals surface area contributed by atoms with Crippen LogP contribution in [0.4, 0.5) is 11.4 Å². The van der Waals surface area contributed by atoms with Gasteiger partial charge in [-0.15, -0.1) is 0 Å². The number of nitrogens with zero attached hydrogens (tertiary/aromatic N) is 2. The number of hydrogen-bond acceptors (Lipinski definition) is 3. The third kappa shape index (κ3) is 1.82. The molecule has 98 valence electrons. The maximum atomic E-state index is 12.3. The summed E-state index contributed by atoms with van der Waals surface area (Å²) >= 11 is 0. The molecule has 1 fully saturated rings. The molecule has 0 atom stereocenters. The molecule has 1 aromatic carbocycles. The van der Waals surface area contributed by atoms with Gasteiger partial charge < -0.3 is 15.5 Å². The van der Waals surface area contributed by atoms with Crippen LogP contribution in [-0.2, 0) is 4.79 Å². The maximum absolute atomic E-state index is 12.3. The smallest absolute Gasteiger partial charge is 0.247 e. The summed E-state index contributed by atoms with van der Waals surface area (Å²) in [6.45, 7) is 7.48. The number of carbonyl (C=O) groups is 1. The van der Waals surface area contributed by atoms with Crippen LogP contribution in [0.5, 0.6) is 0 Å². The molecule has 4 heteroatoms. The molecular weight excluding hydrogens is 226 g/mol. The Morgan fingerprint density at radius 2 is 1.94 bits per heavy atom. The summed E-state index contributed by atoms with van der Waals surface area (Å²) in [6, 6.07) is 5.87.